The number of hydrogen-bond acceptors (Lipinski definition) is 5. The van der Waals surface area contributed by atoms with E-state index in [0.717, 1.165) is 44.5 Å². The van der Waals surface area contributed by atoms with E-state index >= 15 is 0 Å². The lowest BCUT2D eigenvalue weighted by Crippen LogP contribution is -2.54. The highest BCUT2D eigenvalue weighted by Crippen LogP contribution is 2.47. The van der Waals surface area contributed by atoms with Gasteiger partial charge in [-0.2, -0.15) is 0 Å². The highest BCUT2D eigenvalue weighted by atomic mass is 16.5. The minimum absolute atomic E-state index is 0.0163. The molecule has 6 heteroatoms. The average Bonchev–Trinajstić information content (AvgIpc) is 3.12. The van der Waals surface area contributed by atoms with Crippen LogP contribution in [-0.2, 0) is 4.79 Å². The SMILES string of the molecule is COc1ccccc1C1CCCC2NN3C(C4CCNCC4)=CC(=O)NC3C21. The lowest BCUT2D eigenvalue weighted by atomic mass is 9.71. The largest absolute Gasteiger partial charge is 0.496 e. The molecule has 4 atom stereocenters. The van der Waals surface area contributed by atoms with Gasteiger partial charge in [-0.3, -0.25) is 9.80 Å². The molecule has 6 nitrogen and oxygen atoms in total. The Kier molecular flexibility index (Phi) is 4.77. The van der Waals surface area contributed by atoms with Crippen molar-refractivity contribution in [2.75, 3.05) is 20.2 Å². The van der Waals surface area contributed by atoms with Crippen molar-refractivity contribution < 1.29 is 9.53 Å². The van der Waals surface area contributed by atoms with Crippen LogP contribution in [0.1, 0.15) is 43.6 Å². The van der Waals surface area contributed by atoms with Crippen molar-refractivity contribution in [1.82, 2.24) is 21.1 Å². The zero-order chi connectivity index (χ0) is 19.1. The summed E-state index contributed by atoms with van der Waals surface area (Å²) in [5.74, 6) is 2.20. The van der Waals surface area contributed by atoms with E-state index in [0.29, 0.717) is 23.8 Å². The van der Waals surface area contributed by atoms with Gasteiger partial charge in [0.25, 0.3) is 0 Å². The molecular formula is C22H30N4O2. The smallest absolute Gasteiger partial charge is 0.247 e. The number of hydrazine groups is 1. The molecule has 2 saturated heterocycles. The van der Waals surface area contributed by atoms with Crippen LogP contribution in [0, 0.1) is 11.8 Å². The number of allylic oxidation sites excluding steroid dienone is 1. The molecule has 0 bridgehead atoms. The van der Waals surface area contributed by atoms with Gasteiger partial charge in [0, 0.05) is 29.7 Å². The number of nitrogens with zero attached hydrogens (tertiary/aromatic N) is 1. The summed E-state index contributed by atoms with van der Waals surface area (Å²) in [4.78, 5) is 12.6. The predicted octanol–water partition coefficient (Wildman–Crippen LogP) is 2.11. The van der Waals surface area contributed by atoms with Crippen molar-refractivity contribution in [3.05, 3.63) is 41.6 Å². The van der Waals surface area contributed by atoms with Gasteiger partial charge in [-0.15, -0.1) is 0 Å². The molecule has 1 aromatic carbocycles. The van der Waals surface area contributed by atoms with E-state index in [-0.39, 0.29) is 12.1 Å². The number of amides is 1. The number of ether oxygens (including phenoxy) is 1. The van der Waals surface area contributed by atoms with Crippen LogP contribution in [-0.4, -0.2) is 43.3 Å². The van der Waals surface area contributed by atoms with Gasteiger partial charge in [0.05, 0.1) is 7.11 Å². The summed E-state index contributed by atoms with van der Waals surface area (Å²) in [5, 5.41) is 9.02. The second-order valence-electron chi connectivity index (χ2n) is 8.51. The molecule has 4 aliphatic rings. The number of carbonyl (C=O) groups excluding carboxylic acids is 1. The molecule has 150 valence electrons. The monoisotopic (exact) mass is 382 g/mol. The molecule has 3 heterocycles. The summed E-state index contributed by atoms with van der Waals surface area (Å²) >= 11 is 0. The number of rotatable bonds is 3. The minimum Gasteiger partial charge on any atom is -0.496 e. The van der Waals surface area contributed by atoms with Gasteiger partial charge in [-0.05, 0) is 56.3 Å². The quantitative estimate of drug-likeness (QED) is 0.747. The number of carbonyl (C=O) groups is 1. The van der Waals surface area contributed by atoms with Crippen LogP contribution in [0.2, 0.25) is 0 Å². The standard InChI is InChI=1S/C22H30N4O2/c1-28-19-8-3-2-5-15(19)16-6-4-7-17-21(16)22-24-20(27)13-18(26(22)25-17)14-9-11-23-12-10-14/h2-3,5,8,13-14,16-17,21-23,25H,4,6-7,9-12H2,1H3,(H,24,27). The summed E-state index contributed by atoms with van der Waals surface area (Å²) in [6.07, 6.45) is 7.51. The highest BCUT2D eigenvalue weighted by molar-refractivity contribution is 5.89. The summed E-state index contributed by atoms with van der Waals surface area (Å²) in [6.45, 7) is 2.05. The number of hydrogen-bond donors (Lipinski definition) is 3. The first-order chi connectivity index (χ1) is 13.8. The Morgan fingerprint density at radius 3 is 2.75 bits per heavy atom. The molecule has 1 aliphatic carbocycles. The molecule has 28 heavy (non-hydrogen) atoms. The Morgan fingerprint density at radius 1 is 1.11 bits per heavy atom. The minimum atomic E-state index is 0.0163. The van der Waals surface area contributed by atoms with Gasteiger partial charge in [-0.1, -0.05) is 24.6 Å². The summed E-state index contributed by atoms with van der Waals surface area (Å²) in [5.41, 5.74) is 6.25. The van der Waals surface area contributed by atoms with Crippen molar-refractivity contribution >= 4 is 5.91 Å². The third-order valence-electron chi connectivity index (χ3n) is 7.05. The highest BCUT2D eigenvalue weighted by Gasteiger charge is 2.51. The molecule has 3 aliphatic heterocycles. The van der Waals surface area contributed by atoms with Crippen LogP contribution in [0.4, 0.5) is 0 Å². The first kappa shape index (κ1) is 18.0. The maximum Gasteiger partial charge on any atom is 0.247 e. The van der Waals surface area contributed by atoms with E-state index in [9.17, 15) is 4.79 Å². The Hall–Kier alpha value is -2.05. The number of nitrogens with one attached hydrogen (secondary N) is 3. The van der Waals surface area contributed by atoms with Crippen molar-refractivity contribution in [3.8, 4) is 5.75 Å². The van der Waals surface area contributed by atoms with Crippen LogP contribution < -0.4 is 20.8 Å². The van der Waals surface area contributed by atoms with Gasteiger partial charge in [0.2, 0.25) is 5.91 Å². The van der Waals surface area contributed by atoms with Crippen molar-refractivity contribution in [1.29, 1.82) is 0 Å². The molecule has 1 saturated carbocycles. The number of methoxy groups -OCH3 is 1. The third kappa shape index (κ3) is 2.99. The third-order valence-corrected chi connectivity index (χ3v) is 7.05. The number of piperidine rings is 1. The second-order valence-corrected chi connectivity index (χ2v) is 8.51. The normalized spacial score (nSPS) is 33.0. The van der Waals surface area contributed by atoms with E-state index in [1.54, 1.807) is 7.11 Å². The molecule has 1 amide bonds. The van der Waals surface area contributed by atoms with Gasteiger partial charge in [-0.25, -0.2) is 5.43 Å². The topological polar surface area (TPSA) is 65.6 Å². The van der Waals surface area contributed by atoms with Gasteiger partial charge in [0.15, 0.2) is 0 Å². The van der Waals surface area contributed by atoms with Crippen molar-refractivity contribution in [3.63, 3.8) is 0 Å². The zero-order valence-electron chi connectivity index (χ0n) is 16.5. The first-order valence-electron chi connectivity index (χ1n) is 10.7. The van der Waals surface area contributed by atoms with E-state index < -0.39 is 0 Å². The maximum atomic E-state index is 12.6. The Balaban J connectivity index is 1.48. The predicted molar refractivity (Wildman–Crippen MR) is 107 cm³/mol. The zero-order valence-corrected chi connectivity index (χ0v) is 16.5. The fourth-order valence-electron chi connectivity index (χ4n) is 5.80. The van der Waals surface area contributed by atoms with Crippen LogP contribution in [0.15, 0.2) is 36.0 Å². The fraction of sp³-hybridized carbons (Fsp3) is 0.591. The average molecular weight is 383 g/mol. The van der Waals surface area contributed by atoms with Crippen LogP contribution in [0.25, 0.3) is 0 Å². The van der Waals surface area contributed by atoms with Gasteiger partial charge in [0.1, 0.15) is 11.9 Å². The maximum absolute atomic E-state index is 12.6. The first-order valence-corrected chi connectivity index (χ1v) is 10.7. The van der Waals surface area contributed by atoms with E-state index in [4.69, 9.17) is 4.74 Å². The number of fused-ring (bicyclic) bond motifs is 3. The fourth-order valence-corrected chi connectivity index (χ4v) is 5.80. The lowest BCUT2D eigenvalue weighted by Gasteiger charge is -2.41. The lowest BCUT2D eigenvalue weighted by molar-refractivity contribution is -0.120. The Morgan fingerprint density at radius 2 is 1.93 bits per heavy atom. The number of benzene rings is 1. The molecule has 3 N–H and O–H groups in total. The summed E-state index contributed by atoms with van der Waals surface area (Å²) < 4.78 is 5.68. The number of para-hydroxylation sites is 1. The molecule has 5 rings (SSSR count). The molecule has 0 spiro atoms. The molecule has 0 radical (unpaired) electrons. The Labute approximate surface area is 166 Å². The van der Waals surface area contributed by atoms with Gasteiger partial charge >= 0.3 is 0 Å². The van der Waals surface area contributed by atoms with Crippen LogP contribution in [0.3, 0.4) is 0 Å². The molecular weight excluding hydrogens is 352 g/mol. The molecule has 0 aromatic heterocycles. The van der Waals surface area contributed by atoms with Crippen molar-refractivity contribution in [2.45, 2.75) is 50.2 Å². The summed E-state index contributed by atoms with van der Waals surface area (Å²) in [7, 11) is 1.75. The van der Waals surface area contributed by atoms with Gasteiger partial charge < -0.3 is 15.4 Å². The Bertz CT molecular complexity index is 774. The van der Waals surface area contributed by atoms with Crippen LogP contribution in [0.5, 0.6) is 5.75 Å². The molecule has 1 aromatic rings. The second kappa shape index (κ2) is 7.41. The van der Waals surface area contributed by atoms with E-state index in [1.165, 1.54) is 17.7 Å². The van der Waals surface area contributed by atoms with E-state index in [2.05, 4.69) is 39.3 Å². The van der Waals surface area contributed by atoms with Crippen LogP contribution >= 0.6 is 0 Å². The summed E-state index contributed by atoms with van der Waals surface area (Å²) in [6, 6.07) is 8.77. The molecule has 4 unspecified atom stereocenters. The van der Waals surface area contributed by atoms with E-state index in [1.807, 2.05) is 12.1 Å². The molecule has 3 fully saturated rings. The van der Waals surface area contributed by atoms with Crippen molar-refractivity contribution in [2.24, 2.45) is 11.8 Å².